The Balaban J connectivity index is 2.24. The van der Waals surface area contributed by atoms with Gasteiger partial charge in [-0.1, -0.05) is 19.1 Å². The van der Waals surface area contributed by atoms with Crippen LogP contribution in [0.2, 0.25) is 0 Å². The van der Waals surface area contributed by atoms with Crippen LogP contribution < -0.4 is 10.9 Å². The van der Waals surface area contributed by atoms with Crippen LogP contribution in [-0.4, -0.2) is 37.9 Å². The van der Waals surface area contributed by atoms with E-state index in [1.807, 2.05) is 0 Å². The summed E-state index contributed by atoms with van der Waals surface area (Å²) in [4.78, 5) is 12.1. The summed E-state index contributed by atoms with van der Waals surface area (Å²) < 4.78 is 2.96. The molecule has 0 fully saturated rings. The minimum absolute atomic E-state index is 0.128. The Morgan fingerprint density at radius 3 is 3.00 bits per heavy atom. The van der Waals surface area contributed by atoms with Gasteiger partial charge in [0.15, 0.2) is 5.65 Å². The molecule has 98 valence electrons. The fourth-order valence-electron chi connectivity index (χ4n) is 1.85. The molecule has 0 spiro atoms. The number of hydrogen-bond acceptors (Lipinski definition) is 5. The molecule has 2 aromatic rings. The fraction of sp³-hybridized carbons (Fsp3) is 0.636. The molecule has 7 heteroatoms. The van der Waals surface area contributed by atoms with Gasteiger partial charge in [-0.25, -0.2) is 9.36 Å². The quantitative estimate of drug-likeness (QED) is 0.793. The van der Waals surface area contributed by atoms with E-state index in [0.29, 0.717) is 23.5 Å². The topological polar surface area (TPSA) is 77.6 Å². The van der Waals surface area contributed by atoms with Gasteiger partial charge in [0.05, 0.1) is 12.7 Å². The van der Waals surface area contributed by atoms with Gasteiger partial charge in [0.2, 0.25) is 0 Å². The first-order valence-corrected chi connectivity index (χ1v) is 6.09. The van der Waals surface area contributed by atoms with E-state index in [1.165, 1.54) is 10.9 Å². The van der Waals surface area contributed by atoms with E-state index in [4.69, 9.17) is 0 Å². The van der Waals surface area contributed by atoms with Gasteiger partial charge in [0, 0.05) is 7.05 Å². The van der Waals surface area contributed by atoms with Gasteiger partial charge in [0.1, 0.15) is 5.39 Å². The summed E-state index contributed by atoms with van der Waals surface area (Å²) in [5.74, 6) is 0.325. The summed E-state index contributed by atoms with van der Waals surface area (Å²) >= 11 is 0. The molecule has 0 radical (unpaired) electrons. The molecular formula is C11H18N6O. The molecule has 1 unspecified atom stereocenters. The van der Waals surface area contributed by atoms with E-state index < -0.39 is 0 Å². The van der Waals surface area contributed by atoms with E-state index >= 15 is 0 Å². The average molecular weight is 250 g/mol. The van der Waals surface area contributed by atoms with Crippen molar-refractivity contribution in [1.82, 2.24) is 30.1 Å². The first kappa shape index (κ1) is 12.7. The Kier molecular flexibility index (Phi) is 3.71. The Hall–Kier alpha value is -1.76. The highest BCUT2D eigenvalue weighted by atomic mass is 16.1. The van der Waals surface area contributed by atoms with E-state index in [1.54, 1.807) is 11.7 Å². The summed E-state index contributed by atoms with van der Waals surface area (Å²) in [6.45, 7) is 6.47. The fourth-order valence-corrected chi connectivity index (χ4v) is 1.85. The lowest BCUT2D eigenvalue weighted by Crippen LogP contribution is -2.31. The second kappa shape index (κ2) is 5.26. The third-order valence-electron chi connectivity index (χ3n) is 2.85. The highest BCUT2D eigenvalue weighted by Crippen LogP contribution is 2.03. The van der Waals surface area contributed by atoms with E-state index in [2.05, 4.69) is 34.6 Å². The van der Waals surface area contributed by atoms with Crippen LogP contribution in [0.1, 0.15) is 13.8 Å². The third kappa shape index (κ3) is 2.40. The van der Waals surface area contributed by atoms with Crippen LogP contribution in [0.4, 0.5) is 0 Å². The molecule has 0 bridgehead atoms. The average Bonchev–Trinajstić information content (AvgIpc) is 2.73. The number of hydrogen-bond donors (Lipinski definition) is 1. The van der Waals surface area contributed by atoms with Crippen LogP contribution in [0, 0.1) is 5.92 Å². The van der Waals surface area contributed by atoms with Gasteiger partial charge >= 0.3 is 0 Å². The summed E-state index contributed by atoms with van der Waals surface area (Å²) in [7, 11) is 1.74. The molecular weight excluding hydrogens is 232 g/mol. The van der Waals surface area contributed by atoms with E-state index in [0.717, 1.165) is 13.1 Å². The molecule has 0 amide bonds. The van der Waals surface area contributed by atoms with Gasteiger partial charge in [-0.2, -0.15) is 5.10 Å². The van der Waals surface area contributed by atoms with Crippen molar-refractivity contribution in [3.63, 3.8) is 0 Å². The van der Waals surface area contributed by atoms with Crippen LogP contribution in [0.3, 0.4) is 0 Å². The molecule has 2 rings (SSSR count). The van der Waals surface area contributed by atoms with E-state index in [9.17, 15) is 4.79 Å². The molecule has 0 aliphatic heterocycles. The zero-order chi connectivity index (χ0) is 13.1. The Morgan fingerprint density at radius 1 is 1.50 bits per heavy atom. The normalized spacial score (nSPS) is 13.1. The lowest BCUT2D eigenvalue weighted by Gasteiger charge is -2.11. The first-order chi connectivity index (χ1) is 8.63. The number of fused-ring (bicyclic) bond motifs is 1. The first-order valence-electron chi connectivity index (χ1n) is 6.09. The molecule has 2 aromatic heterocycles. The molecule has 0 saturated carbocycles. The van der Waals surface area contributed by atoms with Crippen LogP contribution in [0.5, 0.6) is 0 Å². The van der Waals surface area contributed by atoms with Crippen molar-refractivity contribution in [2.24, 2.45) is 13.0 Å². The van der Waals surface area contributed by atoms with Crippen LogP contribution in [-0.2, 0) is 13.6 Å². The molecule has 18 heavy (non-hydrogen) atoms. The lowest BCUT2D eigenvalue weighted by atomic mass is 10.2. The zero-order valence-electron chi connectivity index (χ0n) is 10.9. The molecule has 1 N–H and O–H groups in total. The molecule has 0 aliphatic rings. The Labute approximate surface area is 105 Å². The summed E-state index contributed by atoms with van der Waals surface area (Å²) in [5, 5.41) is 15.8. The zero-order valence-corrected chi connectivity index (χ0v) is 10.9. The monoisotopic (exact) mass is 250 g/mol. The predicted molar refractivity (Wildman–Crippen MR) is 68.3 cm³/mol. The van der Waals surface area contributed by atoms with Crippen molar-refractivity contribution < 1.29 is 0 Å². The standard InChI is InChI=1S/C11H18N6O/c1-4-12-5-8(2)7-17-11(18)9-6-13-16(3)10(9)14-15-17/h6,8,12H,4-5,7H2,1-3H3. The molecule has 0 saturated heterocycles. The second-order valence-electron chi connectivity index (χ2n) is 4.50. The molecule has 1 atom stereocenters. The minimum Gasteiger partial charge on any atom is -0.317 e. The number of nitrogens with zero attached hydrogens (tertiary/aromatic N) is 5. The van der Waals surface area contributed by atoms with Gasteiger partial charge < -0.3 is 5.32 Å². The van der Waals surface area contributed by atoms with Crippen LogP contribution in [0.15, 0.2) is 11.0 Å². The minimum atomic E-state index is -0.128. The maximum atomic E-state index is 12.1. The molecule has 0 aromatic carbocycles. The van der Waals surface area contributed by atoms with Crippen molar-refractivity contribution in [3.05, 3.63) is 16.6 Å². The number of nitrogens with one attached hydrogen (secondary N) is 1. The largest absolute Gasteiger partial charge is 0.317 e. The van der Waals surface area contributed by atoms with Crippen molar-refractivity contribution in [3.8, 4) is 0 Å². The maximum Gasteiger partial charge on any atom is 0.280 e. The van der Waals surface area contributed by atoms with Crippen LogP contribution in [0.25, 0.3) is 11.0 Å². The highest BCUT2D eigenvalue weighted by molar-refractivity contribution is 5.72. The van der Waals surface area contributed by atoms with Gasteiger partial charge in [-0.05, 0) is 19.0 Å². The summed E-state index contributed by atoms with van der Waals surface area (Å²) in [6.07, 6.45) is 1.54. The van der Waals surface area contributed by atoms with Crippen molar-refractivity contribution in [1.29, 1.82) is 0 Å². The number of aromatic nitrogens is 5. The predicted octanol–water partition coefficient (Wildman–Crippen LogP) is -0.229. The molecule has 0 aliphatic carbocycles. The van der Waals surface area contributed by atoms with Crippen LogP contribution >= 0.6 is 0 Å². The van der Waals surface area contributed by atoms with Gasteiger partial charge in [-0.15, -0.1) is 5.10 Å². The number of rotatable bonds is 5. The third-order valence-corrected chi connectivity index (χ3v) is 2.85. The highest BCUT2D eigenvalue weighted by Gasteiger charge is 2.11. The second-order valence-corrected chi connectivity index (χ2v) is 4.50. The van der Waals surface area contributed by atoms with Gasteiger partial charge in [0.25, 0.3) is 5.56 Å². The number of aryl methyl sites for hydroxylation is 1. The maximum absolute atomic E-state index is 12.1. The van der Waals surface area contributed by atoms with E-state index in [-0.39, 0.29) is 5.56 Å². The van der Waals surface area contributed by atoms with Crippen molar-refractivity contribution in [2.45, 2.75) is 20.4 Å². The summed E-state index contributed by atoms with van der Waals surface area (Å²) in [6, 6.07) is 0. The SMILES string of the molecule is CCNCC(C)Cn1nnc2c(cnn2C)c1=O. The Bertz CT molecular complexity index is 587. The molecule has 7 nitrogen and oxygen atoms in total. The van der Waals surface area contributed by atoms with Crippen molar-refractivity contribution in [2.75, 3.05) is 13.1 Å². The lowest BCUT2D eigenvalue weighted by molar-refractivity contribution is 0.405. The molecule has 2 heterocycles. The van der Waals surface area contributed by atoms with Gasteiger partial charge in [-0.3, -0.25) is 4.79 Å². The summed E-state index contributed by atoms with van der Waals surface area (Å²) in [5.41, 5.74) is 0.395. The van der Waals surface area contributed by atoms with Crippen molar-refractivity contribution >= 4 is 11.0 Å². The Morgan fingerprint density at radius 2 is 2.28 bits per heavy atom. The smallest absolute Gasteiger partial charge is 0.280 e.